The molecule has 0 spiro atoms. The van der Waals surface area contributed by atoms with Crippen LogP contribution in [0.15, 0.2) is 41.4 Å². The summed E-state index contributed by atoms with van der Waals surface area (Å²) in [6, 6.07) is 10.2. The molecular weight excluding hydrogens is 349 g/mol. The van der Waals surface area contributed by atoms with E-state index in [4.69, 9.17) is 9.47 Å². The molecule has 6 nitrogen and oxygen atoms in total. The summed E-state index contributed by atoms with van der Waals surface area (Å²) < 4.78 is 24.0. The van der Waals surface area contributed by atoms with E-state index in [1.807, 2.05) is 24.9 Å². The van der Waals surface area contributed by atoms with Crippen LogP contribution in [0.5, 0.6) is 17.2 Å². The number of aliphatic imine (C=N–C) groups is 1. The molecule has 0 atom stereocenters. The first-order chi connectivity index (χ1) is 13.0. The molecule has 0 aromatic heterocycles. The number of nitrogens with zero attached hydrogens (tertiary/aromatic N) is 2. The first-order valence-electron chi connectivity index (χ1n) is 8.66. The van der Waals surface area contributed by atoms with E-state index in [2.05, 4.69) is 10.3 Å². The summed E-state index contributed by atoms with van der Waals surface area (Å²) in [7, 11) is 4.82. The molecule has 0 saturated carbocycles. The van der Waals surface area contributed by atoms with E-state index in [1.54, 1.807) is 24.3 Å². The van der Waals surface area contributed by atoms with Crippen LogP contribution in [0.2, 0.25) is 0 Å². The van der Waals surface area contributed by atoms with Crippen molar-refractivity contribution in [2.24, 2.45) is 4.99 Å². The second-order valence-corrected chi connectivity index (χ2v) is 5.96. The fraction of sp³-hybridized carbons (Fsp3) is 0.350. The molecule has 146 valence electrons. The van der Waals surface area contributed by atoms with Gasteiger partial charge < -0.3 is 24.8 Å². The van der Waals surface area contributed by atoms with Crippen molar-refractivity contribution in [1.29, 1.82) is 0 Å². The minimum absolute atomic E-state index is 0.0828. The smallest absolute Gasteiger partial charge is 0.194 e. The zero-order valence-electron chi connectivity index (χ0n) is 16.1. The highest BCUT2D eigenvalue weighted by atomic mass is 19.1. The zero-order chi connectivity index (χ0) is 19.8. The number of methoxy groups -OCH3 is 2. The van der Waals surface area contributed by atoms with Gasteiger partial charge in [-0.3, -0.25) is 0 Å². The van der Waals surface area contributed by atoms with Crippen molar-refractivity contribution < 1.29 is 19.0 Å². The molecule has 0 radical (unpaired) electrons. The highest BCUT2D eigenvalue weighted by Crippen LogP contribution is 2.29. The second-order valence-electron chi connectivity index (χ2n) is 5.96. The van der Waals surface area contributed by atoms with Crippen molar-refractivity contribution in [3.05, 3.63) is 53.3 Å². The monoisotopic (exact) mass is 375 g/mol. The number of guanidine groups is 1. The van der Waals surface area contributed by atoms with Crippen molar-refractivity contribution in [3.8, 4) is 17.2 Å². The minimum Gasteiger partial charge on any atom is -0.504 e. The third-order valence-electron chi connectivity index (χ3n) is 4.03. The van der Waals surface area contributed by atoms with Gasteiger partial charge in [-0.15, -0.1) is 0 Å². The lowest BCUT2D eigenvalue weighted by molar-refractivity contribution is 0.370. The molecule has 0 amide bonds. The number of aromatic hydroxyl groups is 1. The first kappa shape index (κ1) is 20.4. The predicted molar refractivity (Wildman–Crippen MR) is 104 cm³/mol. The zero-order valence-corrected chi connectivity index (χ0v) is 16.1. The molecule has 0 aliphatic carbocycles. The average molecular weight is 375 g/mol. The van der Waals surface area contributed by atoms with Crippen LogP contribution in [0.1, 0.15) is 18.1 Å². The van der Waals surface area contributed by atoms with Crippen LogP contribution in [-0.4, -0.2) is 43.8 Å². The van der Waals surface area contributed by atoms with Crippen LogP contribution in [0.25, 0.3) is 0 Å². The topological polar surface area (TPSA) is 66.3 Å². The third-order valence-corrected chi connectivity index (χ3v) is 4.03. The highest BCUT2D eigenvalue weighted by Gasteiger charge is 2.11. The Bertz CT molecular complexity index is 796. The summed E-state index contributed by atoms with van der Waals surface area (Å²) in [5.41, 5.74) is 1.46. The summed E-state index contributed by atoms with van der Waals surface area (Å²) in [5, 5.41) is 13.4. The normalized spacial score (nSPS) is 11.2. The molecular formula is C20H26FN3O3. The fourth-order valence-corrected chi connectivity index (χ4v) is 2.65. The van der Waals surface area contributed by atoms with Crippen molar-refractivity contribution in [2.45, 2.75) is 20.0 Å². The quantitative estimate of drug-likeness (QED) is 0.575. The van der Waals surface area contributed by atoms with E-state index in [-0.39, 0.29) is 18.0 Å². The van der Waals surface area contributed by atoms with Gasteiger partial charge in [-0.2, -0.15) is 0 Å². The number of halogens is 1. The third kappa shape index (κ3) is 5.26. The lowest BCUT2D eigenvalue weighted by atomic mass is 10.2. The Hall–Kier alpha value is -2.96. The Morgan fingerprint density at radius 3 is 2.56 bits per heavy atom. The molecule has 0 aliphatic heterocycles. The van der Waals surface area contributed by atoms with E-state index in [0.29, 0.717) is 30.4 Å². The summed E-state index contributed by atoms with van der Waals surface area (Å²) >= 11 is 0. The van der Waals surface area contributed by atoms with Gasteiger partial charge >= 0.3 is 0 Å². The van der Waals surface area contributed by atoms with Crippen LogP contribution in [0.4, 0.5) is 4.39 Å². The Morgan fingerprint density at radius 2 is 1.93 bits per heavy atom. The molecule has 27 heavy (non-hydrogen) atoms. The molecule has 0 bridgehead atoms. The van der Waals surface area contributed by atoms with Crippen molar-refractivity contribution in [3.63, 3.8) is 0 Å². The van der Waals surface area contributed by atoms with Crippen molar-refractivity contribution >= 4 is 5.96 Å². The minimum atomic E-state index is -0.397. The molecule has 0 fully saturated rings. The first-order valence-corrected chi connectivity index (χ1v) is 8.66. The van der Waals surface area contributed by atoms with Gasteiger partial charge in [0.05, 0.1) is 20.8 Å². The molecule has 2 rings (SSSR count). The number of ether oxygens (including phenoxy) is 2. The van der Waals surface area contributed by atoms with Crippen LogP contribution in [0, 0.1) is 5.82 Å². The highest BCUT2D eigenvalue weighted by molar-refractivity contribution is 5.79. The summed E-state index contributed by atoms with van der Waals surface area (Å²) in [5.74, 6) is 0.965. The number of benzene rings is 2. The molecule has 0 saturated heterocycles. The van der Waals surface area contributed by atoms with E-state index >= 15 is 0 Å². The number of para-hydroxylation sites is 1. The van der Waals surface area contributed by atoms with Crippen LogP contribution < -0.4 is 14.8 Å². The molecule has 2 aromatic carbocycles. The number of hydrogen-bond donors (Lipinski definition) is 2. The molecule has 2 N–H and O–H groups in total. The Morgan fingerprint density at radius 1 is 1.19 bits per heavy atom. The number of phenolic OH excluding ortho intramolecular Hbond substituents is 1. The van der Waals surface area contributed by atoms with E-state index in [9.17, 15) is 9.50 Å². The Kier molecular flexibility index (Phi) is 7.28. The van der Waals surface area contributed by atoms with Gasteiger partial charge in [-0.05, 0) is 30.7 Å². The SMILES string of the molecule is CCNC(=NCc1cccc(OC)c1O)N(C)Cc1ccc(OC)c(F)c1. The van der Waals surface area contributed by atoms with Crippen LogP contribution in [-0.2, 0) is 13.1 Å². The maximum absolute atomic E-state index is 13.9. The van der Waals surface area contributed by atoms with Gasteiger partial charge in [0.2, 0.25) is 0 Å². The maximum atomic E-state index is 13.9. The molecule has 2 aromatic rings. The maximum Gasteiger partial charge on any atom is 0.194 e. The predicted octanol–water partition coefficient (Wildman–Crippen LogP) is 3.15. The molecule has 0 aliphatic rings. The van der Waals surface area contributed by atoms with Crippen molar-refractivity contribution in [1.82, 2.24) is 10.2 Å². The number of nitrogens with one attached hydrogen (secondary N) is 1. The Balaban J connectivity index is 2.15. The number of rotatable bonds is 7. The van der Waals surface area contributed by atoms with Crippen molar-refractivity contribution in [2.75, 3.05) is 27.8 Å². The van der Waals surface area contributed by atoms with Gasteiger partial charge in [0, 0.05) is 25.7 Å². The van der Waals surface area contributed by atoms with Gasteiger partial charge in [0.25, 0.3) is 0 Å². The van der Waals surface area contributed by atoms with Gasteiger partial charge in [-0.1, -0.05) is 18.2 Å². The standard InChI is InChI=1S/C20H26FN3O3/c1-5-22-20(23-12-15-7-6-8-18(27-4)19(15)25)24(2)13-14-9-10-17(26-3)16(21)11-14/h6-11,25H,5,12-13H2,1-4H3,(H,22,23). The largest absolute Gasteiger partial charge is 0.504 e. The Labute approximate surface area is 159 Å². The fourth-order valence-electron chi connectivity index (χ4n) is 2.65. The summed E-state index contributed by atoms with van der Waals surface area (Å²) in [6.45, 7) is 3.41. The number of phenols is 1. The van der Waals surface area contributed by atoms with Crippen LogP contribution >= 0.6 is 0 Å². The van der Waals surface area contributed by atoms with E-state index < -0.39 is 5.82 Å². The van der Waals surface area contributed by atoms with E-state index in [1.165, 1.54) is 20.3 Å². The van der Waals surface area contributed by atoms with Crippen LogP contribution in [0.3, 0.4) is 0 Å². The molecule has 0 heterocycles. The summed E-state index contributed by atoms with van der Waals surface area (Å²) in [4.78, 5) is 6.46. The lowest BCUT2D eigenvalue weighted by Crippen LogP contribution is -2.38. The number of hydrogen-bond acceptors (Lipinski definition) is 4. The van der Waals surface area contributed by atoms with Gasteiger partial charge in [0.1, 0.15) is 0 Å². The van der Waals surface area contributed by atoms with Gasteiger partial charge in [-0.25, -0.2) is 9.38 Å². The van der Waals surface area contributed by atoms with E-state index in [0.717, 1.165) is 5.56 Å². The second kappa shape index (κ2) is 9.66. The van der Waals surface area contributed by atoms with Gasteiger partial charge in [0.15, 0.2) is 29.0 Å². The lowest BCUT2D eigenvalue weighted by Gasteiger charge is -2.22. The molecule has 7 heteroatoms. The molecule has 0 unspecified atom stereocenters. The average Bonchev–Trinajstić information content (AvgIpc) is 2.66. The summed E-state index contributed by atoms with van der Waals surface area (Å²) in [6.07, 6.45) is 0.